The van der Waals surface area contributed by atoms with Crippen LogP contribution in [0, 0.1) is 0 Å². The highest BCUT2D eigenvalue weighted by atomic mass is 32.1. The molecule has 2 nitrogen and oxygen atoms in total. The van der Waals surface area contributed by atoms with Gasteiger partial charge in [-0.25, -0.2) is 0 Å². The lowest BCUT2D eigenvalue weighted by molar-refractivity contribution is 0.103. The van der Waals surface area contributed by atoms with E-state index < -0.39 is 0 Å². The third kappa shape index (κ3) is 1.85. The topological polar surface area (TPSA) is 26.3 Å². The quantitative estimate of drug-likeness (QED) is 0.788. The Hall–Kier alpha value is -1.61. The van der Waals surface area contributed by atoms with Crippen LogP contribution in [0.1, 0.15) is 32.1 Å². The lowest BCUT2D eigenvalue weighted by Gasteiger charge is -2.05. The Morgan fingerprint density at radius 2 is 2.11 bits per heavy atom. The van der Waals surface area contributed by atoms with Gasteiger partial charge in [-0.05, 0) is 43.0 Å². The van der Waals surface area contributed by atoms with E-state index in [2.05, 4.69) is 6.07 Å². The Balaban J connectivity index is 1.98. The molecule has 1 heterocycles. The predicted octanol–water partition coefficient (Wildman–Crippen LogP) is 3.48. The van der Waals surface area contributed by atoms with E-state index in [9.17, 15) is 4.79 Å². The van der Waals surface area contributed by atoms with Crippen LogP contribution in [-0.2, 0) is 12.8 Å². The van der Waals surface area contributed by atoms with Crippen LogP contribution in [0.2, 0.25) is 0 Å². The fourth-order valence-corrected chi connectivity index (χ4v) is 3.61. The average molecular weight is 258 g/mol. The van der Waals surface area contributed by atoms with Gasteiger partial charge in [0.2, 0.25) is 5.78 Å². The summed E-state index contributed by atoms with van der Waals surface area (Å²) in [5.74, 6) is 0.725. The number of ether oxygens (including phenoxy) is 1. The first kappa shape index (κ1) is 11.5. The number of carbonyl (C=O) groups excluding carboxylic acids is 1. The Bertz CT molecular complexity index is 577. The lowest BCUT2D eigenvalue weighted by atomic mass is 10.1. The highest BCUT2D eigenvalue weighted by Gasteiger charge is 2.21. The van der Waals surface area contributed by atoms with Gasteiger partial charge in [-0.3, -0.25) is 4.79 Å². The van der Waals surface area contributed by atoms with E-state index in [0.29, 0.717) is 11.3 Å². The van der Waals surface area contributed by atoms with Crippen molar-refractivity contribution in [2.24, 2.45) is 0 Å². The van der Waals surface area contributed by atoms with Gasteiger partial charge < -0.3 is 4.74 Å². The Labute approximate surface area is 110 Å². The molecule has 0 atom stereocenters. The van der Waals surface area contributed by atoms with Crippen molar-refractivity contribution in [1.82, 2.24) is 0 Å². The molecule has 0 saturated heterocycles. The van der Waals surface area contributed by atoms with E-state index in [1.54, 1.807) is 18.4 Å². The molecular formula is C15H14O2S. The van der Waals surface area contributed by atoms with Gasteiger partial charge in [0, 0.05) is 4.88 Å². The number of para-hydroxylation sites is 1. The molecule has 3 rings (SSSR count). The summed E-state index contributed by atoms with van der Waals surface area (Å²) in [4.78, 5) is 14.7. The number of benzene rings is 1. The summed E-state index contributed by atoms with van der Waals surface area (Å²) in [5.41, 5.74) is 2.01. The summed E-state index contributed by atoms with van der Waals surface area (Å²) in [6, 6.07) is 9.46. The fourth-order valence-electron chi connectivity index (χ4n) is 2.41. The zero-order valence-corrected chi connectivity index (χ0v) is 11.0. The van der Waals surface area contributed by atoms with Crippen molar-refractivity contribution in [2.45, 2.75) is 19.3 Å². The molecule has 0 N–H and O–H groups in total. The van der Waals surface area contributed by atoms with Crippen LogP contribution in [-0.4, -0.2) is 12.9 Å². The van der Waals surface area contributed by atoms with E-state index in [1.165, 1.54) is 16.9 Å². The van der Waals surface area contributed by atoms with Crippen LogP contribution in [0.3, 0.4) is 0 Å². The van der Waals surface area contributed by atoms with Gasteiger partial charge in [-0.2, -0.15) is 0 Å². The third-order valence-electron chi connectivity index (χ3n) is 3.32. The number of rotatable bonds is 3. The van der Waals surface area contributed by atoms with Crippen molar-refractivity contribution in [3.63, 3.8) is 0 Å². The molecule has 1 aromatic carbocycles. The minimum absolute atomic E-state index is 0.0758. The summed E-state index contributed by atoms with van der Waals surface area (Å²) in [6.07, 6.45) is 3.47. The van der Waals surface area contributed by atoms with Crippen LogP contribution in [0.5, 0.6) is 5.75 Å². The van der Waals surface area contributed by atoms with Crippen LogP contribution in [0.15, 0.2) is 30.3 Å². The van der Waals surface area contributed by atoms with Crippen molar-refractivity contribution >= 4 is 17.1 Å². The molecule has 0 spiro atoms. The average Bonchev–Trinajstić information content (AvgIpc) is 2.98. The molecule has 1 aliphatic rings. The Kier molecular flexibility index (Phi) is 2.92. The van der Waals surface area contributed by atoms with Crippen molar-refractivity contribution in [3.8, 4) is 5.75 Å². The number of hydrogen-bond acceptors (Lipinski definition) is 3. The highest BCUT2D eigenvalue weighted by molar-refractivity contribution is 7.14. The van der Waals surface area contributed by atoms with Gasteiger partial charge in [0.1, 0.15) is 5.75 Å². The molecule has 18 heavy (non-hydrogen) atoms. The normalized spacial score (nSPS) is 13.4. The molecule has 92 valence electrons. The maximum absolute atomic E-state index is 12.5. The molecule has 2 aromatic rings. The first-order valence-electron chi connectivity index (χ1n) is 6.09. The van der Waals surface area contributed by atoms with Crippen LogP contribution in [0.25, 0.3) is 0 Å². The van der Waals surface area contributed by atoms with Crippen LogP contribution >= 0.6 is 11.3 Å². The van der Waals surface area contributed by atoms with Crippen molar-refractivity contribution < 1.29 is 9.53 Å². The van der Waals surface area contributed by atoms with Crippen molar-refractivity contribution in [3.05, 3.63) is 51.2 Å². The van der Waals surface area contributed by atoms with Crippen LogP contribution < -0.4 is 4.74 Å². The Morgan fingerprint density at radius 3 is 2.89 bits per heavy atom. The second-order valence-electron chi connectivity index (χ2n) is 4.44. The molecule has 0 unspecified atom stereocenters. The molecule has 0 amide bonds. The predicted molar refractivity (Wildman–Crippen MR) is 72.8 cm³/mol. The van der Waals surface area contributed by atoms with Gasteiger partial charge in [0.15, 0.2) is 0 Å². The molecule has 0 fully saturated rings. The van der Waals surface area contributed by atoms with Gasteiger partial charge in [-0.1, -0.05) is 12.1 Å². The third-order valence-corrected chi connectivity index (χ3v) is 4.56. The van der Waals surface area contributed by atoms with E-state index >= 15 is 0 Å². The van der Waals surface area contributed by atoms with Crippen molar-refractivity contribution in [2.75, 3.05) is 7.11 Å². The monoisotopic (exact) mass is 258 g/mol. The smallest absolute Gasteiger partial charge is 0.206 e. The standard InChI is InChI=1S/C15H14O2S/c1-17-12-7-3-2-6-11(12)15(16)14-9-10-5-4-8-13(10)18-14/h2-3,6-7,9H,4-5,8H2,1H3. The zero-order valence-electron chi connectivity index (χ0n) is 10.2. The van der Waals surface area contributed by atoms with Gasteiger partial charge >= 0.3 is 0 Å². The number of thiophene rings is 1. The fraction of sp³-hybridized carbons (Fsp3) is 0.267. The molecule has 0 bridgehead atoms. The van der Waals surface area contributed by atoms with E-state index in [1.807, 2.05) is 24.3 Å². The molecule has 1 aliphatic carbocycles. The number of ketones is 1. The first-order valence-corrected chi connectivity index (χ1v) is 6.90. The summed E-state index contributed by atoms with van der Waals surface area (Å²) in [5, 5.41) is 0. The van der Waals surface area contributed by atoms with Crippen LogP contribution in [0.4, 0.5) is 0 Å². The molecule has 0 radical (unpaired) electrons. The van der Waals surface area contributed by atoms with Gasteiger partial charge in [0.25, 0.3) is 0 Å². The lowest BCUT2D eigenvalue weighted by Crippen LogP contribution is -2.01. The molecule has 0 saturated carbocycles. The number of fused-ring (bicyclic) bond motifs is 1. The number of aryl methyl sites for hydroxylation is 2. The second kappa shape index (κ2) is 4.58. The minimum atomic E-state index is 0.0758. The number of carbonyl (C=O) groups is 1. The summed E-state index contributed by atoms with van der Waals surface area (Å²) >= 11 is 1.64. The zero-order chi connectivity index (χ0) is 12.5. The van der Waals surface area contributed by atoms with E-state index in [4.69, 9.17) is 4.74 Å². The minimum Gasteiger partial charge on any atom is -0.496 e. The second-order valence-corrected chi connectivity index (χ2v) is 5.58. The highest BCUT2D eigenvalue weighted by Crippen LogP contribution is 2.33. The van der Waals surface area contributed by atoms with Gasteiger partial charge in [0.05, 0.1) is 17.6 Å². The summed E-state index contributed by atoms with van der Waals surface area (Å²) < 4.78 is 5.25. The molecular weight excluding hydrogens is 244 g/mol. The van der Waals surface area contributed by atoms with Crippen molar-refractivity contribution in [1.29, 1.82) is 0 Å². The van der Waals surface area contributed by atoms with E-state index in [0.717, 1.165) is 17.7 Å². The van der Waals surface area contributed by atoms with E-state index in [-0.39, 0.29) is 5.78 Å². The van der Waals surface area contributed by atoms with Gasteiger partial charge in [-0.15, -0.1) is 11.3 Å². The molecule has 0 aliphatic heterocycles. The number of methoxy groups -OCH3 is 1. The first-order chi connectivity index (χ1) is 8.79. The maximum atomic E-state index is 12.5. The molecule has 3 heteroatoms. The largest absolute Gasteiger partial charge is 0.496 e. The molecule has 1 aromatic heterocycles. The SMILES string of the molecule is COc1ccccc1C(=O)c1cc2c(s1)CCC2. The summed E-state index contributed by atoms with van der Waals surface area (Å²) in [6.45, 7) is 0. The number of hydrogen-bond donors (Lipinski definition) is 0. The Morgan fingerprint density at radius 1 is 1.28 bits per heavy atom. The summed E-state index contributed by atoms with van der Waals surface area (Å²) in [7, 11) is 1.60. The maximum Gasteiger partial charge on any atom is 0.206 e.